The van der Waals surface area contributed by atoms with E-state index in [1.807, 2.05) is 13.8 Å². The van der Waals surface area contributed by atoms with Gasteiger partial charge in [-0.25, -0.2) is 0 Å². The summed E-state index contributed by atoms with van der Waals surface area (Å²) in [6.45, 7) is 7.62. The Morgan fingerprint density at radius 2 is 2.26 bits per heavy atom. The Morgan fingerprint density at radius 3 is 2.95 bits per heavy atom. The quantitative estimate of drug-likeness (QED) is 0.843. The first-order valence-corrected chi connectivity index (χ1v) is 6.90. The summed E-state index contributed by atoms with van der Waals surface area (Å²) in [7, 11) is 0. The van der Waals surface area contributed by atoms with Crippen LogP contribution in [0.1, 0.15) is 51.2 Å². The Labute approximate surface area is 113 Å². The van der Waals surface area contributed by atoms with Gasteiger partial charge >= 0.3 is 0 Å². The van der Waals surface area contributed by atoms with Gasteiger partial charge in [0, 0.05) is 13.2 Å². The maximum atomic E-state index is 6.16. The fourth-order valence-electron chi connectivity index (χ4n) is 2.33. The van der Waals surface area contributed by atoms with Gasteiger partial charge in [-0.1, -0.05) is 12.1 Å². The molecule has 2 heterocycles. The molecule has 3 atom stereocenters. The summed E-state index contributed by atoms with van der Waals surface area (Å²) in [5, 5.41) is 4.01. The van der Waals surface area contributed by atoms with Crippen LogP contribution in [0.4, 0.5) is 0 Å². The molecular formula is C13H23N3O3. The number of hydrogen-bond donors (Lipinski definition) is 1. The third-order valence-corrected chi connectivity index (χ3v) is 3.49. The standard InChI is InChI=1S/C13H23N3O3/c1-4-10-9(6-7-18-10)11-15-12(16-19-11)13(3,14)8-17-5-2/h9-10H,4-8,14H2,1-3H3. The normalized spacial score (nSPS) is 26.5. The fourth-order valence-corrected chi connectivity index (χ4v) is 2.33. The van der Waals surface area contributed by atoms with Gasteiger partial charge in [-0.15, -0.1) is 0 Å². The van der Waals surface area contributed by atoms with Crippen molar-refractivity contribution in [1.82, 2.24) is 10.1 Å². The van der Waals surface area contributed by atoms with Gasteiger partial charge in [0.15, 0.2) is 5.82 Å². The highest BCUT2D eigenvalue weighted by atomic mass is 16.5. The zero-order valence-electron chi connectivity index (χ0n) is 11.9. The molecule has 0 amide bonds. The molecule has 3 unspecified atom stereocenters. The molecule has 0 radical (unpaired) electrons. The molecule has 0 spiro atoms. The summed E-state index contributed by atoms with van der Waals surface area (Å²) in [5.74, 6) is 1.32. The summed E-state index contributed by atoms with van der Waals surface area (Å²) in [6.07, 6.45) is 2.04. The minimum atomic E-state index is -0.723. The lowest BCUT2D eigenvalue weighted by molar-refractivity contribution is 0.0947. The molecule has 6 heteroatoms. The van der Waals surface area contributed by atoms with Crippen LogP contribution in [0.3, 0.4) is 0 Å². The van der Waals surface area contributed by atoms with Crippen LogP contribution in [-0.4, -0.2) is 36.1 Å². The SMILES string of the molecule is CCOCC(C)(N)c1noc(C2CCOC2CC)n1. The average molecular weight is 269 g/mol. The van der Waals surface area contributed by atoms with E-state index in [9.17, 15) is 0 Å². The fraction of sp³-hybridized carbons (Fsp3) is 0.846. The van der Waals surface area contributed by atoms with Crippen molar-refractivity contribution in [1.29, 1.82) is 0 Å². The first-order valence-electron chi connectivity index (χ1n) is 6.90. The highest BCUT2D eigenvalue weighted by molar-refractivity contribution is 5.06. The molecule has 1 saturated heterocycles. The van der Waals surface area contributed by atoms with Crippen LogP contribution in [0.5, 0.6) is 0 Å². The summed E-state index contributed by atoms with van der Waals surface area (Å²) in [6, 6.07) is 0. The first-order chi connectivity index (χ1) is 9.08. The Kier molecular flexibility index (Phi) is 4.54. The highest BCUT2D eigenvalue weighted by Crippen LogP contribution is 2.32. The van der Waals surface area contributed by atoms with Gasteiger partial charge in [0.2, 0.25) is 5.89 Å². The van der Waals surface area contributed by atoms with Gasteiger partial charge in [0.05, 0.1) is 18.6 Å². The van der Waals surface area contributed by atoms with E-state index in [0.29, 0.717) is 24.9 Å². The van der Waals surface area contributed by atoms with Gasteiger partial charge in [0.1, 0.15) is 5.54 Å². The van der Waals surface area contributed by atoms with E-state index in [2.05, 4.69) is 17.1 Å². The Bertz CT molecular complexity index is 406. The van der Waals surface area contributed by atoms with Gasteiger partial charge in [-0.3, -0.25) is 0 Å². The molecule has 2 N–H and O–H groups in total. The number of ether oxygens (including phenoxy) is 2. The average Bonchev–Trinajstić information content (AvgIpc) is 3.03. The third-order valence-electron chi connectivity index (χ3n) is 3.49. The summed E-state index contributed by atoms with van der Waals surface area (Å²) >= 11 is 0. The van der Waals surface area contributed by atoms with E-state index < -0.39 is 5.54 Å². The van der Waals surface area contributed by atoms with E-state index >= 15 is 0 Å². The van der Waals surface area contributed by atoms with Crippen molar-refractivity contribution in [2.75, 3.05) is 19.8 Å². The van der Waals surface area contributed by atoms with Crippen molar-refractivity contribution in [3.05, 3.63) is 11.7 Å². The molecule has 108 valence electrons. The van der Waals surface area contributed by atoms with E-state index in [-0.39, 0.29) is 12.0 Å². The maximum Gasteiger partial charge on any atom is 0.232 e. The first kappa shape index (κ1) is 14.4. The molecule has 1 aromatic heterocycles. The zero-order valence-corrected chi connectivity index (χ0v) is 11.9. The van der Waals surface area contributed by atoms with Gasteiger partial charge < -0.3 is 19.7 Å². The molecular weight excluding hydrogens is 246 g/mol. The van der Waals surface area contributed by atoms with Crippen molar-refractivity contribution in [2.45, 2.75) is 51.2 Å². The number of nitrogens with two attached hydrogens (primary N) is 1. The lowest BCUT2D eigenvalue weighted by Crippen LogP contribution is -2.39. The molecule has 0 aliphatic carbocycles. The van der Waals surface area contributed by atoms with Crippen LogP contribution in [-0.2, 0) is 15.0 Å². The van der Waals surface area contributed by atoms with Crippen molar-refractivity contribution >= 4 is 0 Å². The second-order valence-electron chi connectivity index (χ2n) is 5.22. The number of rotatable bonds is 6. The molecule has 1 aliphatic rings. The smallest absolute Gasteiger partial charge is 0.232 e. The predicted octanol–water partition coefficient (Wildman–Crippen LogP) is 1.56. The molecule has 19 heavy (non-hydrogen) atoms. The molecule has 0 saturated carbocycles. The summed E-state index contributed by atoms with van der Waals surface area (Å²) in [4.78, 5) is 4.45. The van der Waals surface area contributed by atoms with Crippen molar-refractivity contribution in [2.24, 2.45) is 5.73 Å². The number of hydrogen-bond acceptors (Lipinski definition) is 6. The Morgan fingerprint density at radius 1 is 1.47 bits per heavy atom. The second kappa shape index (κ2) is 5.98. The van der Waals surface area contributed by atoms with E-state index in [4.69, 9.17) is 19.7 Å². The zero-order chi connectivity index (χ0) is 13.9. The van der Waals surface area contributed by atoms with Crippen molar-refractivity contribution < 1.29 is 14.0 Å². The van der Waals surface area contributed by atoms with E-state index in [0.717, 1.165) is 19.4 Å². The van der Waals surface area contributed by atoms with Crippen LogP contribution in [0.25, 0.3) is 0 Å². The van der Waals surface area contributed by atoms with E-state index in [1.165, 1.54) is 0 Å². The van der Waals surface area contributed by atoms with Crippen LogP contribution in [0, 0.1) is 0 Å². The third kappa shape index (κ3) is 3.13. The molecule has 6 nitrogen and oxygen atoms in total. The summed E-state index contributed by atoms with van der Waals surface area (Å²) in [5.41, 5.74) is 5.44. The number of nitrogens with zero attached hydrogens (tertiary/aromatic N) is 2. The van der Waals surface area contributed by atoms with Gasteiger partial charge in [-0.2, -0.15) is 4.98 Å². The maximum absolute atomic E-state index is 6.16. The van der Waals surface area contributed by atoms with Gasteiger partial charge in [-0.05, 0) is 26.7 Å². The number of aromatic nitrogens is 2. The molecule has 0 aromatic carbocycles. The summed E-state index contributed by atoms with van der Waals surface area (Å²) < 4.78 is 16.4. The van der Waals surface area contributed by atoms with Crippen LogP contribution < -0.4 is 5.73 Å². The molecule has 1 fully saturated rings. The molecule has 0 bridgehead atoms. The van der Waals surface area contributed by atoms with Crippen molar-refractivity contribution in [3.63, 3.8) is 0 Å². The van der Waals surface area contributed by atoms with Crippen LogP contribution in [0.2, 0.25) is 0 Å². The molecule has 1 aromatic rings. The second-order valence-corrected chi connectivity index (χ2v) is 5.22. The predicted molar refractivity (Wildman–Crippen MR) is 69.7 cm³/mol. The van der Waals surface area contributed by atoms with E-state index in [1.54, 1.807) is 0 Å². The Balaban J connectivity index is 2.10. The minimum absolute atomic E-state index is 0.171. The van der Waals surface area contributed by atoms with Crippen molar-refractivity contribution in [3.8, 4) is 0 Å². The minimum Gasteiger partial charge on any atom is -0.379 e. The monoisotopic (exact) mass is 269 g/mol. The van der Waals surface area contributed by atoms with Crippen LogP contribution in [0.15, 0.2) is 4.52 Å². The lowest BCUT2D eigenvalue weighted by atomic mass is 9.99. The molecule has 2 rings (SSSR count). The topological polar surface area (TPSA) is 83.4 Å². The van der Waals surface area contributed by atoms with Crippen LogP contribution >= 0.6 is 0 Å². The van der Waals surface area contributed by atoms with Gasteiger partial charge in [0.25, 0.3) is 0 Å². The molecule has 1 aliphatic heterocycles. The largest absolute Gasteiger partial charge is 0.379 e. The highest BCUT2D eigenvalue weighted by Gasteiger charge is 2.35. The Hall–Kier alpha value is -0.980. The lowest BCUT2D eigenvalue weighted by Gasteiger charge is -2.19.